The van der Waals surface area contributed by atoms with E-state index >= 15 is 0 Å². The molecule has 0 bridgehead atoms. The van der Waals surface area contributed by atoms with E-state index in [4.69, 9.17) is 25.3 Å². The van der Waals surface area contributed by atoms with Crippen LogP contribution in [-0.4, -0.2) is 102 Å². The Hall–Kier alpha value is -7.07. The zero-order chi connectivity index (χ0) is 46.0. The Balaban J connectivity index is 1.35. The number of primary amides is 1. The highest BCUT2D eigenvalue weighted by Gasteiger charge is 2.24. The summed E-state index contributed by atoms with van der Waals surface area (Å²) in [6.07, 6.45) is 3.49. The van der Waals surface area contributed by atoms with Crippen molar-refractivity contribution in [3.8, 4) is 5.75 Å². The van der Waals surface area contributed by atoms with E-state index in [-0.39, 0.29) is 59.0 Å². The summed E-state index contributed by atoms with van der Waals surface area (Å²) in [6.45, 7) is 11.8. The number of aryl methyl sites for hydroxylation is 4. The number of nitrogens with zero attached hydrogens (tertiary/aromatic N) is 9. The smallest absolute Gasteiger partial charge is 0.410 e. The lowest BCUT2D eigenvalue weighted by Crippen LogP contribution is -2.35. The minimum atomic E-state index is -4.06. The number of allylic oxidation sites excluding steroid dienone is 2. The van der Waals surface area contributed by atoms with Gasteiger partial charge in [-0.1, -0.05) is 12.2 Å². The number of ether oxygens (including phenoxy) is 2. The molecule has 0 fully saturated rings. The van der Waals surface area contributed by atoms with Gasteiger partial charge in [0.15, 0.2) is 0 Å². The molecule has 334 valence electrons. The van der Waals surface area contributed by atoms with Gasteiger partial charge in [-0.3, -0.25) is 34.4 Å². The average molecular weight is 886 g/mol. The number of benzene rings is 2. The number of nitrogens with one attached hydrogen (secondary N) is 2. The highest BCUT2D eigenvalue weighted by atomic mass is 32.2. The number of anilines is 2. The van der Waals surface area contributed by atoms with Crippen LogP contribution in [0.5, 0.6) is 5.75 Å². The summed E-state index contributed by atoms with van der Waals surface area (Å²) in [4.78, 5) is 62.8. The normalized spacial score (nSPS) is 12.0. The zero-order valence-electron chi connectivity index (χ0n) is 36.3. The second-order valence-corrected chi connectivity index (χ2v) is 17.3. The predicted molar refractivity (Wildman–Crippen MR) is 234 cm³/mol. The predicted octanol–water partition coefficient (Wildman–Crippen LogP) is 4.10. The minimum absolute atomic E-state index is 0.100. The fraction of sp³-hybridized carbons (Fsp3) is 0.366. The van der Waals surface area contributed by atoms with Gasteiger partial charge >= 0.3 is 6.09 Å². The summed E-state index contributed by atoms with van der Waals surface area (Å²) in [7, 11) is -0.798. The number of rotatable bonds is 16. The SMILES string of the molecule is CCn1nc(C)cc1C(=O)Nc1nc2cc(S(N)(=O)=O)ccc2n1C/C=C/Cn1c(NC(=O)c2cc(C)nn2C)nc2cc(C(N)=O)cc(OCCCN(C)C(=O)OC(C)(C)C)c21. The van der Waals surface area contributed by atoms with E-state index < -0.39 is 39.4 Å². The maximum Gasteiger partial charge on any atom is 0.410 e. The molecule has 4 amide bonds. The molecule has 0 aliphatic rings. The fourth-order valence-corrected chi connectivity index (χ4v) is 7.25. The van der Waals surface area contributed by atoms with Crippen LogP contribution in [0.3, 0.4) is 0 Å². The first-order valence-corrected chi connectivity index (χ1v) is 21.4. The molecule has 0 aliphatic carbocycles. The van der Waals surface area contributed by atoms with Crippen LogP contribution in [0.15, 0.2) is 59.5 Å². The summed E-state index contributed by atoms with van der Waals surface area (Å²) in [5.74, 6) is -1.20. The van der Waals surface area contributed by atoms with Crippen molar-refractivity contribution >= 4 is 67.8 Å². The first kappa shape index (κ1) is 45.5. The van der Waals surface area contributed by atoms with E-state index in [1.807, 2.05) is 6.92 Å². The van der Waals surface area contributed by atoms with Crippen LogP contribution in [0.2, 0.25) is 0 Å². The van der Waals surface area contributed by atoms with Gasteiger partial charge in [0, 0.05) is 45.8 Å². The van der Waals surface area contributed by atoms with Gasteiger partial charge in [0.25, 0.3) is 11.8 Å². The molecule has 4 heterocycles. The Morgan fingerprint density at radius 1 is 0.873 bits per heavy atom. The molecule has 2 aromatic carbocycles. The molecule has 0 unspecified atom stereocenters. The maximum absolute atomic E-state index is 13.6. The summed E-state index contributed by atoms with van der Waals surface area (Å²) in [5.41, 5.74) is 8.55. The largest absolute Gasteiger partial charge is 0.491 e. The number of nitrogens with two attached hydrogens (primary N) is 2. The Kier molecular flexibility index (Phi) is 13.1. The van der Waals surface area contributed by atoms with Crippen LogP contribution < -0.4 is 26.2 Å². The van der Waals surface area contributed by atoms with Crippen molar-refractivity contribution in [2.75, 3.05) is 30.8 Å². The number of hydrogen-bond donors (Lipinski definition) is 4. The van der Waals surface area contributed by atoms with Crippen LogP contribution >= 0.6 is 0 Å². The lowest BCUT2D eigenvalue weighted by Gasteiger charge is -2.24. The Morgan fingerprint density at radius 2 is 1.49 bits per heavy atom. The van der Waals surface area contributed by atoms with Gasteiger partial charge in [0.2, 0.25) is 27.8 Å². The molecular formula is C41H51N13O8S. The van der Waals surface area contributed by atoms with Crippen LogP contribution in [0.25, 0.3) is 22.1 Å². The molecule has 22 heteroatoms. The summed E-state index contributed by atoms with van der Waals surface area (Å²) < 4.78 is 42.5. The molecule has 6 N–H and O–H groups in total. The lowest BCUT2D eigenvalue weighted by molar-refractivity contribution is 0.0291. The summed E-state index contributed by atoms with van der Waals surface area (Å²) in [5, 5.41) is 19.8. The first-order chi connectivity index (χ1) is 29.6. The van der Waals surface area contributed by atoms with Crippen LogP contribution in [0.4, 0.5) is 16.7 Å². The molecule has 0 spiro atoms. The van der Waals surface area contributed by atoms with Crippen molar-refractivity contribution in [2.24, 2.45) is 17.9 Å². The summed E-state index contributed by atoms with van der Waals surface area (Å²) in [6, 6.07) is 10.5. The average Bonchev–Trinajstić information content (AvgIpc) is 3.95. The number of primary sulfonamides is 1. The van der Waals surface area contributed by atoms with Crippen molar-refractivity contribution in [1.29, 1.82) is 0 Å². The second-order valence-electron chi connectivity index (χ2n) is 15.8. The van der Waals surface area contributed by atoms with E-state index in [1.165, 1.54) is 33.8 Å². The van der Waals surface area contributed by atoms with E-state index in [0.29, 0.717) is 53.1 Å². The van der Waals surface area contributed by atoms with E-state index in [1.54, 1.807) is 92.9 Å². The Bertz CT molecular complexity index is 2880. The van der Waals surface area contributed by atoms with Crippen molar-refractivity contribution < 1.29 is 37.1 Å². The number of amides is 4. The van der Waals surface area contributed by atoms with Crippen LogP contribution in [-0.2, 0) is 41.4 Å². The molecular weight excluding hydrogens is 835 g/mol. The summed E-state index contributed by atoms with van der Waals surface area (Å²) >= 11 is 0. The van der Waals surface area contributed by atoms with Crippen molar-refractivity contribution in [1.82, 2.24) is 43.6 Å². The number of aromatic nitrogens is 8. The Morgan fingerprint density at radius 3 is 2.11 bits per heavy atom. The minimum Gasteiger partial charge on any atom is -0.491 e. The number of carbonyl (C=O) groups is 4. The number of hydrogen-bond acceptors (Lipinski definition) is 12. The zero-order valence-corrected chi connectivity index (χ0v) is 37.1. The monoisotopic (exact) mass is 885 g/mol. The van der Waals surface area contributed by atoms with Crippen molar-refractivity contribution in [3.05, 3.63) is 83.0 Å². The third-order valence-electron chi connectivity index (χ3n) is 9.60. The molecule has 0 atom stereocenters. The number of carbonyl (C=O) groups excluding carboxylic acids is 4. The lowest BCUT2D eigenvalue weighted by atomic mass is 10.1. The fourth-order valence-electron chi connectivity index (χ4n) is 6.72. The molecule has 0 radical (unpaired) electrons. The van der Waals surface area contributed by atoms with Crippen molar-refractivity contribution in [2.45, 2.75) is 78.1 Å². The highest BCUT2D eigenvalue weighted by Crippen LogP contribution is 2.32. The molecule has 63 heavy (non-hydrogen) atoms. The molecule has 0 saturated heterocycles. The Labute approximate surface area is 363 Å². The molecule has 0 aliphatic heterocycles. The standard InChI is InChI=1S/C41H51N13O8S/c1-9-54-32(20-25(3)49-54)37(57)47-38-44-28-23-27(63(43,59)60)13-14-30(28)52(38)16-10-11-17-53-34-29(45-39(53)46-36(56)31-19-24(2)48-51(31)8)21-26(35(42)55)22-33(34)61-18-12-15-50(7)40(58)62-41(4,5)6/h10-11,13-14,19-23H,9,12,15-18H2,1-8H3,(H2,42,55)(H2,43,59,60)(H,44,47,57)(H,45,46,56)/b11-10+. The third kappa shape index (κ3) is 10.5. The molecule has 0 saturated carbocycles. The molecule has 4 aromatic heterocycles. The second kappa shape index (κ2) is 18.1. The van der Waals surface area contributed by atoms with Gasteiger partial charge in [0.1, 0.15) is 28.3 Å². The van der Waals surface area contributed by atoms with Gasteiger partial charge in [-0.05, 0) is 90.4 Å². The van der Waals surface area contributed by atoms with E-state index in [0.717, 1.165) is 0 Å². The molecule has 6 aromatic rings. The van der Waals surface area contributed by atoms with Crippen LogP contribution in [0.1, 0.15) is 76.8 Å². The van der Waals surface area contributed by atoms with Gasteiger partial charge in [0.05, 0.1) is 39.4 Å². The van der Waals surface area contributed by atoms with Gasteiger partial charge in [-0.2, -0.15) is 10.2 Å². The molecule has 21 nitrogen and oxygen atoms in total. The number of sulfonamides is 1. The van der Waals surface area contributed by atoms with E-state index in [2.05, 4.69) is 25.8 Å². The van der Waals surface area contributed by atoms with Crippen molar-refractivity contribution in [3.63, 3.8) is 0 Å². The van der Waals surface area contributed by atoms with E-state index in [9.17, 15) is 27.6 Å². The topological polar surface area (TPSA) is 272 Å². The quantitative estimate of drug-likeness (QED) is 0.0791. The maximum atomic E-state index is 13.6. The number of fused-ring (bicyclic) bond motifs is 2. The third-order valence-corrected chi connectivity index (χ3v) is 10.5. The van der Waals surface area contributed by atoms with Gasteiger partial charge in [-0.15, -0.1) is 0 Å². The molecule has 6 rings (SSSR count). The number of imidazole rings is 2. The van der Waals surface area contributed by atoms with Gasteiger partial charge < -0.3 is 29.2 Å². The highest BCUT2D eigenvalue weighted by molar-refractivity contribution is 7.89. The van der Waals surface area contributed by atoms with Gasteiger partial charge in [-0.25, -0.2) is 28.3 Å². The van der Waals surface area contributed by atoms with Crippen LogP contribution in [0, 0.1) is 13.8 Å². The first-order valence-electron chi connectivity index (χ1n) is 19.9.